The molecule has 0 aliphatic carbocycles. The first-order chi connectivity index (χ1) is 10.7. The van der Waals surface area contributed by atoms with Gasteiger partial charge in [0, 0.05) is 18.4 Å². The molecule has 0 radical (unpaired) electrons. The van der Waals surface area contributed by atoms with Crippen LogP contribution in [0.4, 0.5) is 0 Å². The fourth-order valence-electron chi connectivity index (χ4n) is 2.23. The normalized spacial score (nSPS) is 10.9. The third kappa shape index (κ3) is 3.03. The van der Waals surface area contributed by atoms with E-state index in [9.17, 15) is 0 Å². The Balaban J connectivity index is 1.83. The average Bonchev–Trinajstić information content (AvgIpc) is 2.88. The van der Waals surface area contributed by atoms with Gasteiger partial charge in [-0.05, 0) is 30.2 Å². The lowest BCUT2D eigenvalue weighted by Gasteiger charge is -2.06. The molecule has 0 saturated carbocycles. The summed E-state index contributed by atoms with van der Waals surface area (Å²) in [7, 11) is 1.97. The Kier molecular flexibility index (Phi) is 4.50. The molecule has 0 fully saturated rings. The van der Waals surface area contributed by atoms with E-state index in [1.807, 2.05) is 35.9 Å². The quantitative estimate of drug-likeness (QED) is 0.648. The lowest BCUT2D eigenvalue weighted by Crippen LogP contribution is -1.96. The van der Waals surface area contributed by atoms with Gasteiger partial charge >= 0.3 is 0 Å². The predicted molar refractivity (Wildman–Crippen MR) is 92.2 cm³/mol. The van der Waals surface area contributed by atoms with Crippen LogP contribution in [-0.2, 0) is 12.8 Å². The van der Waals surface area contributed by atoms with E-state index < -0.39 is 0 Å². The zero-order valence-electron chi connectivity index (χ0n) is 12.5. The van der Waals surface area contributed by atoms with Crippen LogP contribution in [0.2, 0.25) is 5.02 Å². The molecule has 0 saturated heterocycles. The van der Waals surface area contributed by atoms with Crippen molar-refractivity contribution in [2.75, 3.05) is 0 Å². The summed E-state index contributed by atoms with van der Waals surface area (Å²) in [4.78, 5) is 0. The predicted octanol–water partition coefficient (Wildman–Crippen LogP) is 4.74. The van der Waals surface area contributed by atoms with Crippen LogP contribution in [0.1, 0.15) is 11.1 Å². The Morgan fingerprint density at radius 1 is 1.05 bits per heavy atom. The fraction of sp³-hybridized carbons (Fsp3) is 0.176. The molecule has 1 heterocycles. The third-order valence-corrected chi connectivity index (χ3v) is 4.97. The first kappa shape index (κ1) is 15.1. The zero-order chi connectivity index (χ0) is 15.5. The minimum Gasteiger partial charge on any atom is -0.305 e. The topological polar surface area (TPSA) is 30.7 Å². The molecule has 3 aromatic rings. The van der Waals surface area contributed by atoms with E-state index in [2.05, 4.69) is 41.4 Å². The van der Waals surface area contributed by atoms with E-state index in [0.717, 1.165) is 22.3 Å². The van der Waals surface area contributed by atoms with Gasteiger partial charge in [-0.3, -0.25) is 0 Å². The molecule has 1 aromatic heterocycles. The van der Waals surface area contributed by atoms with Crippen LogP contribution in [0.5, 0.6) is 0 Å². The van der Waals surface area contributed by atoms with E-state index in [-0.39, 0.29) is 0 Å². The van der Waals surface area contributed by atoms with Gasteiger partial charge in [0.05, 0.1) is 5.02 Å². The number of halogens is 1. The lowest BCUT2D eigenvalue weighted by atomic mass is 10.1. The van der Waals surface area contributed by atoms with Crippen molar-refractivity contribution in [1.29, 1.82) is 0 Å². The molecule has 22 heavy (non-hydrogen) atoms. The van der Waals surface area contributed by atoms with Crippen LogP contribution in [0, 0.1) is 6.92 Å². The molecule has 0 unspecified atom stereocenters. The van der Waals surface area contributed by atoms with Crippen molar-refractivity contribution >= 4 is 23.4 Å². The highest BCUT2D eigenvalue weighted by Gasteiger charge is 2.13. The molecule has 0 N–H and O–H groups in total. The molecule has 0 atom stereocenters. The van der Waals surface area contributed by atoms with Gasteiger partial charge in [-0.1, -0.05) is 59.8 Å². The number of nitrogens with zero attached hydrogens (tertiary/aromatic N) is 3. The second kappa shape index (κ2) is 6.55. The second-order valence-electron chi connectivity index (χ2n) is 5.06. The number of benzene rings is 2. The number of aryl methyl sites for hydroxylation is 1. The van der Waals surface area contributed by atoms with Gasteiger partial charge in [-0.15, -0.1) is 10.2 Å². The standard InChI is InChI=1S/C17H16ClN3S/c1-12-7-3-4-8-13(12)11-22-17-20-19-16(21(17)2)14-9-5-6-10-15(14)18/h3-10H,11H2,1-2H3. The summed E-state index contributed by atoms with van der Waals surface area (Å²) in [5.41, 5.74) is 3.51. The minimum atomic E-state index is 0.688. The Morgan fingerprint density at radius 3 is 2.55 bits per heavy atom. The number of hydrogen-bond acceptors (Lipinski definition) is 3. The van der Waals surface area contributed by atoms with Gasteiger partial charge in [-0.25, -0.2) is 0 Å². The number of rotatable bonds is 4. The van der Waals surface area contributed by atoms with E-state index in [1.54, 1.807) is 11.8 Å². The maximum atomic E-state index is 6.25. The van der Waals surface area contributed by atoms with Gasteiger partial charge in [0.25, 0.3) is 0 Å². The number of aromatic nitrogens is 3. The largest absolute Gasteiger partial charge is 0.305 e. The van der Waals surface area contributed by atoms with Crippen molar-refractivity contribution in [2.24, 2.45) is 7.05 Å². The molecule has 0 aliphatic rings. The first-order valence-corrected chi connectivity index (χ1v) is 8.35. The van der Waals surface area contributed by atoms with E-state index in [0.29, 0.717) is 5.02 Å². The SMILES string of the molecule is Cc1ccccc1CSc1nnc(-c2ccccc2Cl)n1C. The van der Waals surface area contributed by atoms with Crippen LogP contribution in [0.15, 0.2) is 53.7 Å². The van der Waals surface area contributed by atoms with E-state index >= 15 is 0 Å². The maximum Gasteiger partial charge on any atom is 0.191 e. The molecule has 3 rings (SSSR count). The Labute approximate surface area is 139 Å². The third-order valence-electron chi connectivity index (χ3n) is 3.57. The Hall–Kier alpha value is -1.78. The van der Waals surface area contributed by atoms with Crippen molar-refractivity contribution in [3.05, 3.63) is 64.7 Å². The Bertz CT molecular complexity index is 798. The summed E-state index contributed by atoms with van der Waals surface area (Å²) in [6.07, 6.45) is 0. The molecular formula is C17H16ClN3S. The summed E-state index contributed by atoms with van der Waals surface area (Å²) in [6, 6.07) is 16.1. The van der Waals surface area contributed by atoms with E-state index in [1.165, 1.54) is 11.1 Å². The lowest BCUT2D eigenvalue weighted by molar-refractivity contribution is 0.793. The second-order valence-corrected chi connectivity index (χ2v) is 6.41. The van der Waals surface area contributed by atoms with Crippen molar-refractivity contribution in [1.82, 2.24) is 14.8 Å². The molecule has 0 amide bonds. The summed E-state index contributed by atoms with van der Waals surface area (Å²) in [5.74, 6) is 1.67. The molecule has 5 heteroatoms. The summed E-state index contributed by atoms with van der Waals surface area (Å²) < 4.78 is 1.99. The molecule has 2 aromatic carbocycles. The van der Waals surface area contributed by atoms with Gasteiger partial charge in [0.2, 0.25) is 0 Å². The average molecular weight is 330 g/mol. The Morgan fingerprint density at radius 2 is 1.77 bits per heavy atom. The van der Waals surface area contributed by atoms with Gasteiger partial charge < -0.3 is 4.57 Å². The van der Waals surface area contributed by atoms with Gasteiger partial charge in [-0.2, -0.15) is 0 Å². The molecule has 0 bridgehead atoms. The molecule has 112 valence electrons. The monoisotopic (exact) mass is 329 g/mol. The zero-order valence-corrected chi connectivity index (χ0v) is 14.0. The highest BCUT2D eigenvalue weighted by molar-refractivity contribution is 7.98. The van der Waals surface area contributed by atoms with Gasteiger partial charge in [0.15, 0.2) is 11.0 Å². The smallest absolute Gasteiger partial charge is 0.191 e. The minimum absolute atomic E-state index is 0.688. The van der Waals surface area contributed by atoms with Crippen LogP contribution in [0.25, 0.3) is 11.4 Å². The van der Waals surface area contributed by atoms with Crippen molar-refractivity contribution in [3.63, 3.8) is 0 Å². The summed E-state index contributed by atoms with van der Waals surface area (Å²) >= 11 is 7.93. The van der Waals surface area contributed by atoms with Crippen LogP contribution in [-0.4, -0.2) is 14.8 Å². The van der Waals surface area contributed by atoms with Crippen LogP contribution in [0.3, 0.4) is 0 Å². The number of hydrogen-bond donors (Lipinski definition) is 0. The van der Waals surface area contributed by atoms with Crippen LogP contribution < -0.4 is 0 Å². The highest BCUT2D eigenvalue weighted by atomic mass is 35.5. The fourth-order valence-corrected chi connectivity index (χ4v) is 3.44. The molecule has 0 spiro atoms. The number of thioether (sulfide) groups is 1. The van der Waals surface area contributed by atoms with Crippen molar-refractivity contribution < 1.29 is 0 Å². The summed E-state index contributed by atoms with van der Waals surface area (Å²) in [5, 5.41) is 10.2. The first-order valence-electron chi connectivity index (χ1n) is 6.98. The van der Waals surface area contributed by atoms with Crippen LogP contribution >= 0.6 is 23.4 Å². The molecule has 3 nitrogen and oxygen atoms in total. The van der Waals surface area contributed by atoms with Crippen molar-refractivity contribution in [2.45, 2.75) is 17.8 Å². The van der Waals surface area contributed by atoms with Gasteiger partial charge in [0.1, 0.15) is 0 Å². The maximum absolute atomic E-state index is 6.25. The van der Waals surface area contributed by atoms with E-state index in [4.69, 9.17) is 11.6 Å². The van der Waals surface area contributed by atoms with Crippen molar-refractivity contribution in [3.8, 4) is 11.4 Å². The summed E-state index contributed by atoms with van der Waals surface area (Å²) in [6.45, 7) is 2.13. The molecule has 0 aliphatic heterocycles. The highest BCUT2D eigenvalue weighted by Crippen LogP contribution is 2.29. The molecular weight excluding hydrogens is 314 g/mol.